The molecule has 1 aliphatic heterocycles. The maximum Gasteiger partial charge on any atom is 0.223 e. The number of nitrogens with one attached hydrogen (secondary N) is 1. The summed E-state index contributed by atoms with van der Waals surface area (Å²) in [6.07, 6.45) is 8.55. The van der Waals surface area contributed by atoms with E-state index < -0.39 is 0 Å². The summed E-state index contributed by atoms with van der Waals surface area (Å²) in [4.78, 5) is 14.9. The molecule has 3 aliphatic rings. The van der Waals surface area contributed by atoms with Crippen LogP contribution in [0.5, 0.6) is 0 Å². The van der Waals surface area contributed by atoms with Crippen LogP contribution in [0.25, 0.3) is 0 Å². The minimum absolute atomic E-state index is 0.457. The van der Waals surface area contributed by atoms with Gasteiger partial charge in [0.25, 0.3) is 0 Å². The van der Waals surface area contributed by atoms with Crippen molar-refractivity contribution >= 4 is 5.91 Å². The van der Waals surface area contributed by atoms with Crippen LogP contribution in [0.2, 0.25) is 0 Å². The second-order valence-corrected chi connectivity index (χ2v) is 7.97. The van der Waals surface area contributed by atoms with Crippen molar-refractivity contribution in [3.05, 3.63) is 0 Å². The Morgan fingerprint density at radius 1 is 1.24 bits per heavy atom. The first-order valence-electron chi connectivity index (χ1n) is 9.12. The van der Waals surface area contributed by atoms with E-state index in [1.165, 1.54) is 38.5 Å². The van der Waals surface area contributed by atoms with E-state index >= 15 is 0 Å². The van der Waals surface area contributed by atoms with Gasteiger partial charge in [-0.05, 0) is 43.6 Å². The zero-order chi connectivity index (χ0) is 15.0. The molecule has 3 fully saturated rings. The standard InChI is InChI=1S/C18H32N2O/c1-12(2)19-11-16-13(3)9-17-15(16)10-18(21)20(17)14-7-5-4-6-8-14/h12-17,19H,4-11H2,1-3H3/t13-,15-,16+,17+/m0/s1. The summed E-state index contributed by atoms with van der Waals surface area (Å²) in [5.41, 5.74) is 0. The molecule has 1 N–H and O–H groups in total. The molecule has 0 aromatic heterocycles. The number of amides is 1. The number of hydrogen-bond acceptors (Lipinski definition) is 2. The van der Waals surface area contributed by atoms with Crippen LogP contribution in [-0.4, -0.2) is 35.5 Å². The number of likely N-dealkylation sites (tertiary alicyclic amines) is 1. The number of carbonyl (C=O) groups excluding carboxylic acids is 1. The van der Waals surface area contributed by atoms with Crippen LogP contribution in [0.1, 0.15) is 65.7 Å². The zero-order valence-electron chi connectivity index (χ0n) is 14.0. The average Bonchev–Trinajstić information content (AvgIpc) is 2.91. The maximum atomic E-state index is 12.6. The van der Waals surface area contributed by atoms with E-state index in [2.05, 4.69) is 31.0 Å². The third kappa shape index (κ3) is 2.99. The molecule has 21 heavy (non-hydrogen) atoms. The van der Waals surface area contributed by atoms with Crippen LogP contribution in [0, 0.1) is 17.8 Å². The van der Waals surface area contributed by atoms with Crippen LogP contribution in [-0.2, 0) is 4.79 Å². The third-order valence-electron chi connectivity index (χ3n) is 6.17. The molecule has 0 aromatic rings. The highest BCUT2D eigenvalue weighted by Crippen LogP contribution is 2.47. The van der Waals surface area contributed by atoms with Gasteiger partial charge in [-0.15, -0.1) is 0 Å². The Hall–Kier alpha value is -0.570. The Labute approximate surface area is 129 Å². The largest absolute Gasteiger partial charge is 0.336 e. The summed E-state index contributed by atoms with van der Waals surface area (Å²) in [5, 5.41) is 3.61. The minimum atomic E-state index is 0.457. The minimum Gasteiger partial charge on any atom is -0.336 e. The lowest BCUT2D eigenvalue weighted by Gasteiger charge is -2.35. The topological polar surface area (TPSA) is 32.3 Å². The van der Waals surface area contributed by atoms with Crippen LogP contribution in [0.15, 0.2) is 0 Å². The van der Waals surface area contributed by atoms with Crippen molar-refractivity contribution < 1.29 is 4.79 Å². The highest BCUT2D eigenvalue weighted by Gasteiger charge is 2.52. The van der Waals surface area contributed by atoms with Gasteiger partial charge in [0.1, 0.15) is 0 Å². The molecule has 4 atom stereocenters. The SMILES string of the molecule is CC(C)NC[C@H]1[C@@H]2CC(=O)N(C3CCCCC3)[C@@H]2C[C@@H]1C. The van der Waals surface area contributed by atoms with Gasteiger partial charge in [-0.3, -0.25) is 4.79 Å². The molecule has 3 rings (SSSR count). The fourth-order valence-electron chi connectivity index (χ4n) is 5.10. The first-order valence-corrected chi connectivity index (χ1v) is 9.12. The normalized spacial score (nSPS) is 37.5. The Bertz CT molecular complexity index is 375. The van der Waals surface area contributed by atoms with Gasteiger partial charge in [0.05, 0.1) is 0 Å². The van der Waals surface area contributed by atoms with E-state index in [-0.39, 0.29) is 0 Å². The first-order chi connectivity index (χ1) is 10.1. The molecule has 1 heterocycles. The number of fused-ring (bicyclic) bond motifs is 1. The van der Waals surface area contributed by atoms with Crippen molar-refractivity contribution in [3.8, 4) is 0 Å². The van der Waals surface area contributed by atoms with Gasteiger partial charge in [0.15, 0.2) is 0 Å². The maximum absolute atomic E-state index is 12.6. The molecular weight excluding hydrogens is 260 g/mol. The number of hydrogen-bond donors (Lipinski definition) is 1. The Kier molecular flexibility index (Phi) is 4.58. The van der Waals surface area contributed by atoms with Crippen molar-refractivity contribution in [1.29, 1.82) is 0 Å². The van der Waals surface area contributed by atoms with Crippen molar-refractivity contribution in [2.75, 3.05) is 6.54 Å². The third-order valence-corrected chi connectivity index (χ3v) is 6.17. The second kappa shape index (κ2) is 6.28. The number of rotatable bonds is 4. The molecule has 0 spiro atoms. The van der Waals surface area contributed by atoms with E-state index in [1.54, 1.807) is 0 Å². The predicted octanol–water partition coefficient (Wildman–Crippen LogP) is 3.19. The average molecular weight is 292 g/mol. The highest BCUT2D eigenvalue weighted by atomic mass is 16.2. The van der Waals surface area contributed by atoms with Crippen LogP contribution in [0.4, 0.5) is 0 Å². The summed E-state index contributed by atoms with van der Waals surface area (Å²) >= 11 is 0. The molecule has 2 aliphatic carbocycles. The molecule has 0 radical (unpaired) electrons. The van der Waals surface area contributed by atoms with Gasteiger partial charge in [0, 0.05) is 24.5 Å². The van der Waals surface area contributed by atoms with E-state index in [1.807, 2.05) is 0 Å². The summed E-state index contributed by atoms with van der Waals surface area (Å²) in [6, 6.07) is 1.66. The van der Waals surface area contributed by atoms with Crippen molar-refractivity contribution in [2.24, 2.45) is 17.8 Å². The van der Waals surface area contributed by atoms with Crippen molar-refractivity contribution in [3.63, 3.8) is 0 Å². The Balaban J connectivity index is 1.68. The first kappa shape index (κ1) is 15.3. The smallest absolute Gasteiger partial charge is 0.223 e. The zero-order valence-corrected chi connectivity index (χ0v) is 14.0. The fraction of sp³-hybridized carbons (Fsp3) is 0.944. The summed E-state index contributed by atoms with van der Waals surface area (Å²) in [5.74, 6) is 2.51. The van der Waals surface area contributed by atoms with E-state index in [9.17, 15) is 4.79 Å². The van der Waals surface area contributed by atoms with Gasteiger partial charge >= 0.3 is 0 Å². The van der Waals surface area contributed by atoms with Gasteiger partial charge in [-0.1, -0.05) is 40.0 Å². The quantitative estimate of drug-likeness (QED) is 0.863. The van der Waals surface area contributed by atoms with Crippen LogP contribution < -0.4 is 5.32 Å². The molecule has 120 valence electrons. The van der Waals surface area contributed by atoms with Gasteiger partial charge in [0.2, 0.25) is 5.91 Å². The lowest BCUT2D eigenvalue weighted by molar-refractivity contribution is -0.132. The fourth-order valence-corrected chi connectivity index (χ4v) is 5.10. The molecule has 3 nitrogen and oxygen atoms in total. The Morgan fingerprint density at radius 3 is 2.62 bits per heavy atom. The molecule has 2 saturated carbocycles. The number of nitrogens with zero attached hydrogens (tertiary/aromatic N) is 1. The van der Waals surface area contributed by atoms with Crippen LogP contribution >= 0.6 is 0 Å². The molecule has 0 aromatic carbocycles. The van der Waals surface area contributed by atoms with E-state index in [4.69, 9.17) is 0 Å². The van der Waals surface area contributed by atoms with Gasteiger partial charge in [-0.2, -0.15) is 0 Å². The molecular formula is C18H32N2O. The summed E-state index contributed by atoms with van der Waals surface area (Å²) in [7, 11) is 0. The lowest BCUT2D eigenvalue weighted by atomic mass is 9.88. The molecule has 3 heteroatoms. The highest BCUT2D eigenvalue weighted by molar-refractivity contribution is 5.80. The molecule has 0 unspecified atom stereocenters. The Morgan fingerprint density at radius 2 is 1.95 bits per heavy atom. The summed E-state index contributed by atoms with van der Waals surface area (Å²) in [6.45, 7) is 7.91. The summed E-state index contributed by atoms with van der Waals surface area (Å²) < 4.78 is 0. The second-order valence-electron chi connectivity index (χ2n) is 7.97. The van der Waals surface area contributed by atoms with Gasteiger partial charge < -0.3 is 10.2 Å². The molecule has 1 amide bonds. The molecule has 1 saturated heterocycles. The van der Waals surface area contributed by atoms with E-state index in [0.717, 1.165) is 18.9 Å². The lowest BCUT2D eigenvalue weighted by Crippen LogP contribution is -2.43. The van der Waals surface area contributed by atoms with Gasteiger partial charge in [-0.25, -0.2) is 0 Å². The van der Waals surface area contributed by atoms with Crippen molar-refractivity contribution in [2.45, 2.75) is 83.8 Å². The van der Waals surface area contributed by atoms with Crippen LogP contribution in [0.3, 0.4) is 0 Å². The molecule has 0 bridgehead atoms. The van der Waals surface area contributed by atoms with E-state index in [0.29, 0.717) is 35.9 Å². The monoisotopic (exact) mass is 292 g/mol. The predicted molar refractivity (Wildman–Crippen MR) is 86.0 cm³/mol. The van der Waals surface area contributed by atoms with Crippen molar-refractivity contribution in [1.82, 2.24) is 10.2 Å². The number of carbonyl (C=O) groups is 1.